The third kappa shape index (κ3) is 8.75. The van der Waals surface area contributed by atoms with Crippen molar-refractivity contribution in [2.75, 3.05) is 26.4 Å². The first-order valence-electron chi connectivity index (χ1n) is 14.6. The van der Waals surface area contributed by atoms with Gasteiger partial charge in [-0.1, -0.05) is 39.0 Å². The van der Waals surface area contributed by atoms with Crippen molar-refractivity contribution in [3.05, 3.63) is 0 Å². The van der Waals surface area contributed by atoms with E-state index in [4.69, 9.17) is 28.4 Å². The van der Waals surface area contributed by atoms with Gasteiger partial charge in [0.2, 0.25) is 0 Å². The van der Waals surface area contributed by atoms with E-state index in [1.165, 1.54) is 0 Å². The summed E-state index contributed by atoms with van der Waals surface area (Å²) in [6, 6.07) is 0. The molecule has 3 fully saturated rings. The van der Waals surface area contributed by atoms with Crippen LogP contribution in [0.1, 0.15) is 45.4 Å². The van der Waals surface area contributed by atoms with Crippen molar-refractivity contribution < 1.29 is 79.5 Å². The van der Waals surface area contributed by atoms with Crippen molar-refractivity contribution in [1.29, 1.82) is 0 Å². The van der Waals surface area contributed by atoms with E-state index in [2.05, 4.69) is 6.92 Å². The molecule has 16 heteroatoms. The van der Waals surface area contributed by atoms with Gasteiger partial charge < -0.3 is 79.5 Å². The average Bonchev–Trinajstić information content (AvgIpc) is 2.98. The fraction of sp³-hybridized carbons (Fsp3) is 1.00. The molecule has 0 aliphatic carbocycles. The summed E-state index contributed by atoms with van der Waals surface area (Å²) in [5, 5.41) is 102. The number of aliphatic hydroxyl groups is 10. The van der Waals surface area contributed by atoms with E-state index in [1.807, 2.05) is 0 Å². The number of aliphatic hydroxyl groups excluding tert-OH is 10. The fourth-order valence-electron chi connectivity index (χ4n) is 5.15. The molecule has 0 saturated carbocycles. The van der Waals surface area contributed by atoms with E-state index < -0.39 is 112 Å². The Bertz CT molecular complexity index is 760. The predicted octanol–water partition coefficient (Wildman–Crippen LogP) is -4.19. The normalized spacial score (nSPS) is 44.8. The summed E-state index contributed by atoms with van der Waals surface area (Å²) < 4.78 is 33.4. The quantitative estimate of drug-likeness (QED) is 0.0783. The fourth-order valence-corrected chi connectivity index (χ4v) is 5.15. The molecule has 0 spiro atoms. The molecule has 3 aliphatic heterocycles. The highest BCUT2D eigenvalue weighted by atomic mass is 16.7. The molecule has 42 heavy (non-hydrogen) atoms. The Labute approximate surface area is 243 Å². The van der Waals surface area contributed by atoms with Gasteiger partial charge in [0, 0.05) is 6.61 Å². The Morgan fingerprint density at radius 3 is 1.60 bits per heavy atom. The smallest absolute Gasteiger partial charge is 0.187 e. The number of rotatable bonds is 15. The van der Waals surface area contributed by atoms with Gasteiger partial charge in [-0.2, -0.15) is 0 Å². The lowest BCUT2D eigenvalue weighted by atomic mass is 9.96. The lowest BCUT2D eigenvalue weighted by Gasteiger charge is -2.46. The SMILES string of the molecule is CCCCCCCCOC1O[C@H](CO[C@H]2O[C@H](CO)[C@@H](O)[C@H](O)[C@@H]2O)[C@@H](O)[C@H](O[C@H]2O[C@H](CO)[C@@H](O)[C@H](O)[C@@H]2O)[C@@H]1O. The molecule has 0 radical (unpaired) electrons. The third-order valence-corrected chi connectivity index (χ3v) is 7.83. The van der Waals surface area contributed by atoms with Gasteiger partial charge in [-0.25, -0.2) is 0 Å². The summed E-state index contributed by atoms with van der Waals surface area (Å²) in [4.78, 5) is 0. The molecule has 0 aromatic heterocycles. The van der Waals surface area contributed by atoms with E-state index in [0.29, 0.717) is 6.42 Å². The molecule has 0 amide bonds. The Balaban J connectivity index is 1.69. The van der Waals surface area contributed by atoms with E-state index in [1.54, 1.807) is 0 Å². The number of hydrogen-bond donors (Lipinski definition) is 10. The highest BCUT2D eigenvalue weighted by Crippen LogP contribution is 2.31. The van der Waals surface area contributed by atoms with Crippen molar-refractivity contribution >= 4 is 0 Å². The van der Waals surface area contributed by atoms with Gasteiger partial charge in [-0.15, -0.1) is 0 Å². The Hall–Kier alpha value is -0.640. The van der Waals surface area contributed by atoms with E-state index in [-0.39, 0.29) is 6.61 Å². The van der Waals surface area contributed by atoms with Gasteiger partial charge in [0.25, 0.3) is 0 Å². The Kier molecular flexibility index (Phi) is 14.6. The Morgan fingerprint density at radius 2 is 1.00 bits per heavy atom. The number of hydrogen-bond acceptors (Lipinski definition) is 16. The molecule has 3 rings (SSSR count). The molecule has 248 valence electrons. The van der Waals surface area contributed by atoms with E-state index in [0.717, 1.165) is 32.1 Å². The standard InChI is InChI=1S/C26H48O16/c1-2-3-4-5-6-7-8-37-25-22(36)23(42-26-21(35)19(33)16(30)13(10-28)40-26)17(31)14(41-25)11-38-24-20(34)18(32)15(29)12(9-27)39-24/h12-36H,2-11H2,1H3/t12-,13-,14-,15-,16-,17-,18+,19+,20+,21+,22+,23+,24+,25?,26-/m1/s1. The molecule has 3 heterocycles. The lowest BCUT2D eigenvalue weighted by molar-refractivity contribution is -0.366. The minimum absolute atomic E-state index is 0.191. The first-order chi connectivity index (χ1) is 20.0. The van der Waals surface area contributed by atoms with Crippen LogP contribution < -0.4 is 0 Å². The first kappa shape index (κ1) is 35.8. The van der Waals surface area contributed by atoms with Crippen LogP contribution in [0.3, 0.4) is 0 Å². The van der Waals surface area contributed by atoms with Crippen LogP contribution in [0.15, 0.2) is 0 Å². The molecule has 15 atom stereocenters. The predicted molar refractivity (Wildman–Crippen MR) is 138 cm³/mol. The molecule has 0 aromatic rings. The molecule has 1 unspecified atom stereocenters. The van der Waals surface area contributed by atoms with Crippen molar-refractivity contribution in [3.63, 3.8) is 0 Å². The van der Waals surface area contributed by atoms with E-state index in [9.17, 15) is 51.1 Å². The maximum atomic E-state index is 11.1. The zero-order valence-corrected chi connectivity index (χ0v) is 23.7. The van der Waals surface area contributed by atoms with Crippen LogP contribution in [0, 0.1) is 0 Å². The van der Waals surface area contributed by atoms with Gasteiger partial charge in [0.05, 0.1) is 19.8 Å². The lowest BCUT2D eigenvalue weighted by Crippen LogP contribution is -2.65. The summed E-state index contributed by atoms with van der Waals surface area (Å²) in [6.07, 6.45) is -17.7. The molecule has 0 bridgehead atoms. The average molecular weight is 617 g/mol. The summed E-state index contributed by atoms with van der Waals surface area (Å²) in [5.41, 5.74) is 0. The van der Waals surface area contributed by atoms with Crippen LogP contribution in [0.5, 0.6) is 0 Å². The minimum atomic E-state index is -1.81. The second-order valence-corrected chi connectivity index (χ2v) is 11.0. The van der Waals surface area contributed by atoms with Crippen molar-refractivity contribution in [1.82, 2.24) is 0 Å². The molecule has 3 aliphatic rings. The van der Waals surface area contributed by atoms with Crippen LogP contribution >= 0.6 is 0 Å². The molecular weight excluding hydrogens is 568 g/mol. The van der Waals surface area contributed by atoms with Crippen LogP contribution in [-0.2, 0) is 28.4 Å². The topological polar surface area (TPSA) is 258 Å². The second-order valence-electron chi connectivity index (χ2n) is 11.0. The zero-order valence-electron chi connectivity index (χ0n) is 23.7. The highest BCUT2D eigenvalue weighted by Gasteiger charge is 2.52. The number of ether oxygens (including phenoxy) is 6. The van der Waals surface area contributed by atoms with Crippen molar-refractivity contribution in [2.24, 2.45) is 0 Å². The third-order valence-electron chi connectivity index (χ3n) is 7.83. The maximum Gasteiger partial charge on any atom is 0.187 e. The zero-order chi connectivity index (χ0) is 31.0. The van der Waals surface area contributed by atoms with Gasteiger partial charge in [-0.05, 0) is 6.42 Å². The van der Waals surface area contributed by atoms with Gasteiger partial charge >= 0.3 is 0 Å². The summed E-state index contributed by atoms with van der Waals surface area (Å²) in [5.74, 6) is 0. The molecular formula is C26H48O16. The molecule has 10 N–H and O–H groups in total. The van der Waals surface area contributed by atoms with Gasteiger partial charge in [-0.3, -0.25) is 0 Å². The monoisotopic (exact) mass is 616 g/mol. The number of unbranched alkanes of at least 4 members (excludes halogenated alkanes) is 5. The summed E-state index contributed by atoms with van der Waals surface area (Å²) in [6.45, 7) is 0.394. The molecule has 0 aromatic carbocycles. The van der Waals surface area contributed by atoms with Gasteiger partial charge in [0.1, 0.15) is 73.2 Å². The highest BCUT2D eigenvalue weighted by molar-refractivity contribution is 4.95. The van der Waals surface area contributed by atoms with Crippen molar-refractivity contribution in [2.45, 2.75) is 138 Å². The molecule has 16 nitrogen and oxygen atoms in total. The Morgan fingerprint density at radius 1 is 0.500 bits per heavy atom. The van der Waals surface area contributed by atoms with Crippen LogP contribution in [0.25, 0.3) is 0 Å². The second kappa shape index (κ2) is 17.2. The first-order valence-corrected chi connectivity index (χ1v) is 14.6. The largest absolute Gasteiger partial charge is 0.394 e. The van der Waals surface area contributed by atoms with Crippen molar-refractivity contribution in [3.8, 4) is 0 Å². The van der Waals surface area contributed by atoms with Crippen LogP contribution in [-0.4, -0.2) is 170 Å². The summed E-state index contributed by atoms with van der Waals surface area (Å²) in [7, 11) is 0. The van der Waals surface area contributed by atoms with E-state index >= 15 is 0 Å². The van der Waals surface area contributed by atoms with Crippen LogP contribution in [0.2, 0.25) is 0 Å². The van der Waals surface area contributed by atoms with Crippen LogP contribution in [0.4, 0.5) is 0 Å². The molecule has 3 saturated heterocycles. The van der Waals surface area contributed by atoms with Gasteiger partial charge in [0.15, 0.2) is 18.9 Å². The maximum absolute atomic E-state index is 11.1. The summed E-state index contributed by atoms with van der Waals surface area (Å²) >= 11 is 0. The minimum Gasteiger partial charge on any atom is -0.394 e.